The molecule has 78 valence electrons. The van der Waals surface area contributed by atoms with Crippen molar-refractivity contribution >= 4 is 22.8 Å². The van der Waals surface area contributed by atoms with Crippen molar-refractivity contribution in [2.45, 2.75) is 12.5 Å². The van der Waals surface area contributed by atoms with Gasteiger partial charge in [0.1, 0.15) is 0 Å². The third-order valence-corrected chi connectivity index (χ3v) is 3.71. The number of likely N-dealkylation sites (N-methyl/N-ethyl adjacent to an activating group) is 1. The number of thioether (sulfide) groups is 1. The van der Waals surface area contributed by atoms with Crippen molar-refractivity contribution in [3.05, 3.63) is 0 Å². The van der Waals surface area contributed by atoms with Crippen molar-refractivity contribution in [2.24, 2.45) is 4.99 Å². The van der Waals surface area contributed by atoms with E-state index in [1.165, 1.54) is 6.42 Å². The number of carbonyl (C=O) groups excluding carboxylic acids is 1. The van der Waals surface area contributed by atoms with Crippen molar-refractivity contribution in [1.29, 1.82) is 0 Å². The zero-order valence-electron chi connectivity index (χ0n) is 8.56. The van der Waals surface area contributed by atoms with Crippen LogP contribution < -0.4 is 0 Å². The molecule has 2 rings (SSSR count). The molecule has 1 fully saturated rings. The van der Waals surface area contributed by atoms with Gasteiger partial charge in [0.05, 0.1) is 5.75 Å². The molecular weight excluding hydrogens is 198 g/mol. The minimum atomic E-state index is 0.0123. The molecule has 1 atom stereocenters. The van der Waals surface area contributed by atoms with Crippen LogP contribution in [0.2, 0.25) is 0 Å². The van der Waals surface area contributed by atoms with Gasteiger partial charge in [-0.15, -0.1) is 0 Å². The van der Waals surface area contributed by atoms with Gasteiger partial charge in [-0.2, -0.15) is 4.99 Å². The Morgan fingerprint density at radius 3 is 2.86 bits per heavy atom. The molecule has 1 unspecified atom stereocenters. The second kappa shape index (κ2) is 3.90. The summed E-state index contributed by atoms with van der Waals surface area (Å²) in [6.07, 6.45) is 1.17. The van der Waals surface area contributed by atoms with Crippen LogP contribution in [0.4, 0.5) is 0 Å². The number of amides is 1. The SMILES string of the molecule is CN(C)C1CCN(C2=NC(=O)CS2)C1. The fourth-order valence-electron chi connectivity index (χ4n) is 1.80. The summed E-state index contributed by atoms with van der Waals surface area (Å²) in [6.45, 7) is 2.04. The van der Waals surface area contributed by atoms with E-state index < -0.39 is 0 Å². The molecule has 0 N–H and O–H groups in total. The number of hydrogen-bond acceptors (Lipinski definition) is 4. The highest BCUT2D eigenvalue weighted by atomic mass is 32.2. The van der Waals surface area contributed by atoms with E-state index in [1.54, 1.807) is 11.8 Å². The van der Waals surface area contributed by atoms with E-state index in [0.717, 1.165) is 18.3 Å². The molecule has 4 nitrogen and oxygen atoms in total. The standard InChI is InChI=1S/C9H15N3OS/c1-11(2)7-3-4-12(5-7)9-10-8(13)6-14-9/h7H,3-6H2,1-2H3. The lowest BCUT2D eigenvalue weighted by Gasteiger charge is -2.20. The predicted octanol–water partition coefficient (Wildman–Crippen LogP) is 0.252. The maximum absolute atomic E-state index is 11.0. The van der Waals surface area contributed by atoms with Gasteiger partial charge < -0.3 is 9.80 Å². The highest BCUT2D eigenvalue weighted by Gasteiger charge is 2.29. The van der Waals surface area contributed by atoms with Gasteiger partial charge in [0, 0.05) is 19.1 Å². The van der Waals surface area contributed by atoms with Crippen LogP contribution in [-0.4, -0.2) is 59.9 Å². The second-order valence-electron chi connectivity index (χ2n) is 3.93. The first-order valence-corrected chi connectivity index (χ1v) is 5.81. The molecule has 1 saturated heterocycles. The van der Waals surface area contributed by atoms with Crippen molar-refractivity contribution in [3.63, 3.8) is 0 Å². The van der Waals surface area contributed by atoms with Crippen LogP contribution in [0.1, 0.15) is 6.42 Å². The maximum atomic E-state index is 11.0. The minimum absolute atomic E-state index is 0.0123. The molecule has 2 aliphatic rings. The molecule has 0 aromatic rings. The van der Waals surface area contributed by atoms with E-state index in [2.05, 4.69) is 28.9 Å². The van der Waals surface area contributed by atoms with E-state index in [-0.39, 0.29) is 5.91 Å². The van der Waals surface area contributed by atoms with Gasteiger partial charge in [-0.05, 0) is 20.5 Å². The first-order chi connectivity index (χ1) is 6.66. The topological polar surface area (TPSA) is 35.9 Å². The lowest BCUT2D eigenvalue weighted by molar-refractivity contribution is -0.115. The molecule has 0 saturated carbocycles. The lowest BCUT2D eigenvalue weighted by atomic mass is 10.2. The van der Waals surface area contributed by atoms with Gasteiger partial charge in [-0.25, -0.2) is 0 Å². The summed E-state index contributed by atoms with van der Waals surface area (Å²) in [6, 6.07) is 0.606. The maximum Gasteiger partial charge on any atom is 0.258 e. The van der Waals surface area contributed by atoms with Crippen LogP contribution in [0.25, 0.3) is 0 Å². The summed E-state index contributed by atoms with van der Waals surface area (Å²) in [4.78, 5) is 19.5. The molecule has 1 amide bonds. The number of rotatable bonds is 1. The fourth-order valence-corrected chi connectivity index (χ4v) is 2.63. The monoisotopic (exact) mass is 213 g/mol. The summed E-state index contributed by atoms with van der Waals surface area (Å²) in [5.41, 5.74) is 0. The first kappa shape index (κ1) is 9.98. The van der Waals surface area contributed by atoms with Gasteiger partial charge in [0.15, 0.2) is 5.17 Å². The van der Waals surface area contributed by atoms with E-state index in [1.807, 2.05) is 0 Å². The van der Waals surface area contributed by atoms with Gasteiger partial charge in [-0.1, -0.05) is 11.8 Å². The Bertz CT molecular complexity index is 277. The Kier molecular flexibility index (Phi) is 2.78. The average molecular weight is 213 g/mol. The molecule has 0 spiro atoms. The summed E-state index contributed by atoms with van der Waals surface area (Å²) >= 11 is 1.57. The van der Waals surface area contributed by atoms with Crippen molar-refractivity contribution in [1.82, 2.24) is 9.80 Å². The minimum Gasteiger partial charge on any atom is -0.349 e. The Morgan fingerprint density at radius 1 is 1.57 bits per heavy atom. The van der Waals surface area contributed by atoms with Crippen molar-refractivity contribution in [2.75, 3.05) is 32.9 Å². The Labute approximate surface area is 88.3 Å². The quantitative estimate of drug-likeness (QED) is 0.625. The average Bonchev–Trinajstić information content (AvgIpc) is 2.70. The van der Waals surface area contributed by atoms with Gasteiger partial charge in [0.25, 0.3) is 5.91 Å². The van der Waals surface area contributed by atoms with E-state index in [9.17, 15) is 4.79 Å². The number of nitrogens with zero attached hydrogens (tertiary/aromatic N) is 3. The summed E-state index contributed by atoms with van der Waals surface area (Å²) in [5, 5.41) is 0.930. The Morgan fingerprint density at radius 2 is 2.36 bits per heavy atom. The highest BCUT2D eigenvalue weighted by molar-refractivity contribution is 8.14. The van der Waals surface area contributed by atoms with Crippen molar-refractivity contribution < 1.29 is 4.79 Å². The zero-order chi connectivity index (χ0) is 10.1. The van der Waals surface area contributed by atoms with Crippen LogP contribution in [0.3, 0.4) is 0 Å². The molecule has 14 heavy (non-hydrogen) atoms. The van der Waals surface area contributed by atoms with Crippen LogP contribution >= 0.6 is 11.8 Å². The van der Waals surface area contributed by atoms with Gasteiger partial charge >= 0.3 is 0 Å². The summed E-state index contributed by atoms with van der Waals surface area (Å²) < 4.78 is 0. The molecule has 0 radical (unpaired) electrons. The number of amidine groups is 1. The number of likely N-dealkylation sites (tertiary alicyclic amines) is 1. The lowest BCUT2D eigenvalue weighted by Crippen LogP contribution is -2.33. The highest BCUT2D eigenvalue weighted by Crippen LogP contribution is 2.22. The second-order valence-corrected chi connectivity index (χ2v) is 4.87. The zero-order valence-corrected chi connectivity index (χ0v) is 9.38. The van der Waals surface area contributed by atoms with Crippen LogP contribution in [0.15, 0.2) is 4.99 Å². The van der Waals surface area contributed by atoms with Crippen LogP contribution in [-0.2, 0) is 4.79 Å². The normalized spacial score (nSPS) is 27.6. The van der Waals surface area contributed by atoms with Gasteiger partial charge in [0.2, 0.25) is 0 Å². The molecule has 0 aliphatic carbocycles. The molecule has 5 heteroatoms. The third kappa shape index (κ3) is 1.93. The smallest absolute Gasteiger partial charge is 0.258 e. The molecule has 2 heterocycles. The predicted molar refractivity (Wildman–Crippen MR) is 58.6 cm³/mol. The van der Waals surface area contributed by atoms with E-state index in [4.69, 9.17) is 0 Å². The third-order valence-electron chi connectivity index (χ3n) is 2.71. The number of hydrogen-bond donors (Lipinski definition) is 0. The first-order valence-electron chi connectivity index (χ1n) is 4.82. The van der Waals surface area contributed by atoms with E-state index >= 15 is 0 Å². The molecular formula is C9H15N3OS. The molecule has 0 aromatic carbocycles. The van der Waals surface area contributed by atoms with Crippen LogP contribution in [0.5, 0.6) is 0 Å². The number of carbonyl (C=O) groups is 1. The molecule has 0 bridgehead atoms. The fraction of sp³-hybridized carbons (Fsp3) is 0.778. The number of aliphatic imine (C=N–C) groups is 1. The van der Waals surface area contributed by atoms with Crippen molar-refractivity contribution in [3.8, 4) is 0 Å². The van der Waals surface area contributed by atoms with E-state index in [0.29, 0.717) is 11.8 Å². The molecule has 0 aromatic heterocycles. The van der Waals surface area contributed by atoms with Crippen LogP contribution in [0, 0.1) is 0 Å². The Hall–Kier alpha value is -0.550. The summed E-state index contributed by atoms with van der Waals surface area (Å²) in [5.74, 6) is 0.539. The Balaban J connectivity index is 1.96. The van der Waals surface area contributed by atoms with Gasteiger partial charge in [-0.3, -0.25) is 4.79 Å². The summed E-state index contributed by atoms with van der Waals surface area (Å²) in [7, 11) is 4.20. The molecule has 2 aliphatic heterocycles. The largest absolute Gasteiger partial charge is 0.349 e.